The SMILES string of the molecule is Cc1ccc(C(C)NC(=O)CNc2ccccc2-n2cccn2)cc1C. The topological polar surface area (TPSA) is 59.0 Å². The van der Waals surface area contributed by atoms with Gasteiger partial charge in [-0.1, -0.05) is 30.3 Å². The van der Waals surface area contributed by atoms with Gasteiger partial charge in [0.1, 0.15) is 0 Å². The van der Waals surface area contributed by atoms with E-state index in [0.717, 1.165) is 16.9 Å². The number of nitrogens with zero attached hydrogens (tertiary/aromatic N) is 2. The number of aryl methyl sites for hydroxylation is 2. The minimum atomic E-state index is -0.0500. The van der Waals surface area contributed by atoms with Crippen molar-refractivity contribution in [2.24, 2.45) is 0 Å². The smallest absolute Gasteiger partial charge is 0.239 e. The maximum Gasteiger partial charge on any atom is 0.239 e. The quantitative estimate of drug-likeness (QED) is 0.713. The van der Waals surface area contributed by atoms with Gasteiger partial charge >= 0.3 is 0 Å². The summed E-state index contributed by atoms with van der Waals surface area (Å²) in [5.74, 6) is -0.0500. The Labute approximate surface area is 154 Å². The number of nitrogens with one attached hydrogen (secondary N) is 2. The minimum absolute atomic E-state index is 0.0371. The first-order valence-corrected chi connectivity index (χ1v) is 8.74. The van der Waals surface area contributed by atoms with Crippen LogP contribution in [0.3, 0.4) is 0 Å². The van der Waals surface area contributed by atoms with Gasteiger partial charge in [0.25, 0.3) is 0 Å². The summed E-state index contributed by atoms with van der Waals surface area (Å²) in [7, 11) is 0. The minimum Gasteiger partial charge on any atom is -0.374 e. The lowest BCUT2D eigenvalue weighted by Crippen LogP contribution is -2.32. The number of rotatable bonds is 6. The fraction of sp³-hybridized carbons (Fsp3) is 0.238. The molecule has 1 amide bonds. The van der Waals surface area contributed by atoms with E-state index in [1.165, 1.54) is 11.1 Å². The van der Waals surface area contributed by atoms with Gasteiger partial charge in [-0.2, -0.15) is 5.10 Å². The normalized spacial score (nSPS) is 11.8. The lowest BCUT2D eigenvalue weighted by atomic mass is 10.0. The Bertz CT molecular complexity index is 887. The van der Waals surface area contributed by atoms with Crippen molar-refractivity contribution in [1.82, 2.24) is 15.1 Å². The monoisotopic (exact) mass is 348 g/mol. The highest BCUT2D eigenvalue weighted by atomic mass is 16.1. The molecule has 1 heterocycles. The van der Waals surface area contributed by atoms with Gasteiger partial charge in [0.05, 0.1) is 24.0 Å². The van der Waals surface area contributed by atoms with Gasteiger partial charge in [0.2, 0.25) is 5.91 Å². The molecular formula is C21H24N4O. The molecule has 2 N–H and O–H groups in total. The average Bonchev–Trinajstić information content (AvgIpc) is 3.17. The van der Waals surface area contributed by atoms with Gasteiger partial charge in [0.15, 0.2) is 0 Å². The molecule has 1 aromatic heterocycles. The zero-order valence-corrected chi connectivity index (χ0v) is 15.4. The number of aromatic nitrogens is 2. The molecule has 0 aliphatic carbocycles. The fourth-order valence-corrected chi connectivity index (χ4v) is 2.82. The van der Waals surface area contributed by atoms with Crippen LogP contribution in [0.1, 0.15) is 29.7 Å². The summed E-state index contributed by atoms with van der Waals surface area (Å²) in [6.45, 7) is 6.37. The van der Waals surface area contributed by atoms with E-state index < -0.39 is 0 Å². The molecule has 0 aliphatic heterocycles. The third-order valence-electron chi connectivity index (χ3n) is 4.50. The summed E-state index contributed by atoms with van der Waals surface area (Å²) in [5.41, 5.74) is 5.37. The standard InChI is InChI=1S/C21H24N4O/c1-15-9-10-18(13-16(15)2)17(3)24-21(26)14-22-19-7-4-5-8-20(19)25-12-6-11-23-25/h4-13,17,22H,14H2,1-3H3,(H,24,26). The fourth-order valence-electron chi connectivity index (χ4n) is 2.82. The van der Waals surface area contributed by atoms with Crippen molar-refractivity contribution in [1.29, 1.82) is 0 Å². The molecule has 26 heavy (non-hydrogen) atoms. The van der Waals surface area contributed by atoms with Crippen LogP contribution < -0.4 is 10.6 Å². The van der Waals surface area contributed by atoms with E-state index in [9.17, 15) is 4.79 Å². The molecule has 2 aromatic carbocycles. The number of benzene rings is 2. The van der Waals surface area contributed by atoms with Crippen LogP contribution in [0, 0.1) is 13.8 Å². The van der Waals surface area contributed by atoms with Crippen molar-refractivity contribution in [3.05, 3.63) is 77.6 Å². The number of hydrogen-bond donors (Lipinski definition) is 2. The summed E-state index contributed by atoms with van der Waals surface area (Å²) in [4.78, 5) is 12.4. The summed E-state index contributed by atoms with van der Waals surface area (Å²) >= 11 is 0. The third-order valence-corrected chi connectivity index (χ3v) is 4.50. The number of carbonyl (C=O) groups is 1. The summed E-state index contributed by atoms with van der Waals surface area (Å²) < 4.78 is 1.78. The molecule has 0 saturated heterocycles. The predicted molar refractivity (Wildman–Crippen MR) is 105 cm³/mol. The Morgan fingerprint density at radius 3 is 2.65 bits per heavy atom. The number of hydrogen-bond acceptors (Lipinski definition) is 3. The first-order chi connectivity index (χ1) is 12.5. The second-order valence-electron chi connectivity index (χ2n) is 6.45. The van der Waals surface area contributed by atoms with E-state index in [0.29, 0.717) is 0 Å². The van der Waals surface area contributed by atoms with Crippen LogP contribution in [-0.2, 0) is 4.79 Å². The predicted octanol–water partition coefficient (Wildman–Crippen LogP) is 3.78. The summed E-state index contributed by atoms with van der Waals surface area (Å²) in [5, 5.41) is 10.5. The lowest BCUT2D eigenvalue weighted by Gasteiger charge is -2.17. The Kier molecular flexibility index (Phi) is 5.37. The van der Waals surface area contributed by atoms with Crippen molar-refractivity contribution in [3.63, 3.8) is 0 Å². The Balaban J connectivity index is 1.62. The van der Waals surface area contributed by atoms with Gasteiger partial charge in [-0.25, -0.2) is 4.68 Å². The third kappa shape index (κ3) is 4.11. The molecule has 5 heteroatoms. The molecular weight excluding hydrogens is 324 g/mol. The van der Waals surface area contributed by atoms with Crippen molar-refractivity contribution in [3.8, 4) is 5.69 Å². The van der Waals surface area contributed by atoms with Gasteiger partial charge in [-0.15, -0.1) is 0 Å². The second-order valence-corrected chi connectivity index (χ2v) is 6.45. The summed E-state index contributed by atoms with van der Waals surface area (Å²) in [6.07, 6.45) is 3.61. The van der Waals surface area contributed by atoms with Gasteiger partial charge in [0, 0.05) is 12.4 Å². The van der Waals surface area contributed by atoms with Crippen molar-refractivity contribution in [2.75, 3.05) is 11.9 Å². The number of anilines is 1. The van der Waals surface area contributed by atoms with Crippen LogP contribution in [-0.4, -0.2) is 22.2 Å². The van der Waals surface area contributed by atoms with E-state index in [1.54, 1.807) is 10.9 Å². The molecule has 1 atom stereocenters. The van der Waals surface area contributed by atoms with E-state index in [4.69, 9.17) is 0 Å². The molecule has 0 spiro atoms. The molecule has 0 aliphatic rings. The molecule has 1 unspecified atom stereocenters. The van der Waals surface area contributed by atoms with Gasteiger partial charge in [-0.3, -0.25) is 4.79 Å². The Hall–Kier alpha value is -3.08. The maximum absolute atomic E-state index is 12.4. The Morgan fingerprint density at radius 1 is 1.12 bits per heavy atom. The molecule has 134 valence electrons. The second kappa shape index (κ2) is 7.87. The van der Waals surface area contributed by atoms with Crippen LogP contribution in [0.15, 0.2) is 60.9 Å². The van der Waals surface area contributed by atoms with Crippen molar-refractivity contribution < 1.29 is 4.79 Å². The molecule has 3 aromatic rings. The van der Waals surface area contributed by atoms with Crippen LogP contribution in [0.2, 0.25) is 0 Å². The van der Waals surface area contributed by atoms with Crippen LogP contribution in [0.4, 0.5) is 5.69 Å². The summed E-state index contributed by atoms with van der Waals surface area (Å²) in [6, 6.07) is 15.9. The van der Waals surface area contributed by atoms with Gasteiger partial charge in [-0.05, 0) is 55.7 Å². The Morgan fingerprint density at radius 2 is 1.92 bits per heavy atom. The molecule has 0 fully saturated rings. The largest absolute Gasteiger partial charge is 0.374 e. The molecule has 0 bridgehead atoms. The van der Waals surface area contributed by atoms with Gasteiger partial charge < -0.3 is 10.6 Å². The highest BCUT2D eigenvalue weighted by molar-refractivity contribution is 5.82. The van der Waals surface area contributed by atoms with E-state index in [-0.39, 0.29) is 18.5 Å². The van der Waals surface area contributed by atoms with E-state index in [1.807, 2.05) is 43.5 Å². The highest BCUT2D eigenvalue weighted by Gasteiger charge is 2.11. The molecule has 5 nitrogen and oxygen atoms in total. The zero-order valence-electron chi connectivity index (χ0n) is 15.4. The maximum atomic E-state index is 12.4. The zero-order chi connectivity index (χ0) is 18.5. The number of carbonyl (C=O) groups excluding carboxylic acids is 1. The van der Waals surface area contributed by atoms with E-state index in [2.05, 4.69) is 47.8 Å². The van der Waals surface area contributed by atoms with E-state index >= 15 is 0 Å². The average molecular weight is 348 g/mol. The van der Waals surface area contributed by atoms with Crippen LogP contribution in [0.5, 0.6) is 0 Å². The highest BCUT2D eigenvalue weighted by Crippen LogP contribution is 2.19. The molecule has 3 rings (SSSR count). The molecule has 0 radical (unpaired) electrons. The molecule has 0 saturated carbocycles. The first-order valence-electron chi connectivity index (χ1n) is 8.74. The van der Waals surface area contributed by atoms with Crippen molar-refractivity contribution >= 4 is 11.6 Å². The van der Waals surface area contributed by atoms with Crippen LogP contribution >= 0.6 is 0 Å². The lowest BCUT2D eigenvalue weighted by molar-refractivity contribution is -0.120. The first kappa shape index (κ1) is 17.7. The number of para-hydroxylation sites is 2. The van der Waals surface area contributed by atoms with Crippen LogP contribution in [0.25, 0.3) is 5.69 Å². The number of amides is 1. The van der Waals surface area contributed by atoms with Crippen molar-refractivity contribution in [2.45, 2.75) is 26.8 Å².